The van der Waals surface area contributed by atoms with Crippen LogP contribution in [0.25, 0.3) is 0 Å². The molecule has 0 aliphatic carbocycles. The summed E-state index contributed by atoms with van der Waals surface area (Å²) in [6.07, 6.45) is 0.211. The lowest BCUT2D eigenvalue weighted by Crippen LogP contribution is -2.28. The molecule has 0 unspecified atom stereocenters. The van der Waals surface area contributed by atoms with Crippen molar-refractivity contribution < 1.29 is 27.4 Å². The van der Waals surface area contributed by atoms with Gasteiger partial charge in [0.05, 0.1) is 11.3 Å². The molecule has 9 heteroatoms. The smallest absolute Gasteiger partial charge is 0.240 e. The molecule has 142 valence electrons. The molecule has 0 saturated carbocycles. The van der Waals surface area contributed by atoms with E-state index in [-0.39, 0.29) is 37.2 Å². The lowest BCUT2D eigenvalue weighted by molar-refractivity contribution is -0.117. The van der Waals surface area contributed by atoms with Crippen molar-refractivity contribution in [3.05, 3.63) is 42.0 Å². The average molecular weight is 390 g/mol. The quantitative estimate of drug-likeness (QED) is 0.747. The van der Waals surface area contributed by atoms with Crippen LogP contribution in [0.2, 0.25) is 0 Å². The van der Waals surface area contributed by atoms with E-state index in [4.69, 9.17) is 14.2 Å². The number of sulfonamides is 1. The van der Waals surface area contributed by atoms with Gasteiger partial charge in [0.2, 0.25) is 22.7 Å². The molecule has 2 aliphatic rings. The average Bonchev–Trinajstić information content (AvgIpc) is 3.22. The van der Waals surface area contributed by atoms with Crippen LogP contribution in [0.15, 0.2) is 41.3 Å². The first-order valence-electron chi connectivity index (χ1n) is 8.36. The number of anilines is 1. The molecule has 2 heterocycles. The van der Waals surface area contributed by atoms with E-state index in [1.54, 1.807) is 31.3 Å². The highest BCUT2D eigenvalue weighted by Gasteiger charge is 2.26. The minimum Gasteiger partial charge on any atom is -0.492 e. The molecule has 1 amide bonds. The monoisotopic (exact) mass is 390 g/mol. The summed E-state index contributed by atoms with van der Waals surface area (Å²) >= 11 is 0. The first-order valence-corrected chi connectivity index (χ1v) is 9.84. The SMILES string of the molecule is CN1C(=O)Cc2cc(S(=O)(=O)NCCOc3ccc4c(c3)OCO4)ccc21. The molecule has 0 bridgehead atoms. The number of nitrogens with one attached hydrogen (secondary N) is 1. The highest BCUT2D eigenvalue weighted by molar-refractivity contribution is 7.89. The zero-order valence-corrected chi connectivity index (χ0v) is 15.4. The number of fused-ring (bicyclic) bond motifs is 2. The van der Waals surface area contributed by atoms with Gasteiger partial charge < -0.3 is 19.1 Å². The second-order valence-electron chi connectivity index (χ2n) is 6.18. The standard InChI is InChI=1S/C18H18N2O6S/c1-20-15-4-3-14(8-12(15)9-18(20)21)27(22,23)19-6-7-24-13-2-5-16-17(10-13)26-11-25-16/h2-5,8,10,19H,6-7,9,11H2,1H3. The molecule has 27 heavy (non-hydrogen) atoms. The summed E-state index contributed by atoms with van der Waals surface area (Å²) in [6.45, 7) is 0.443. The molecule has 0 radical (unpaired) electrons. The van der Waals surface area contributed by atoms with Gasteiger partial charge in [-0.1, -0.05) is 0 Å². The summed E-state index contributed by atoms with van der Waals surface area (Å²) in [7, 11) is -2.01. The summed E-state index contributed by atoms with van der Waals surface area (Å²) in [5, 5.41) is 0. The maximum absolute atomic E-state index is 12.5. The molecular weight excluding hydrogens is 372 g/mol. The minimum absolute atomic E-state index is 0.0513. The van der Waals surface area contributed by atoms with Crippen LogP contribution in [0.4, 0.5) is 5.69 Å². The number of rotatable bonds is 6. The summed E-state index contributed by atoms with van der Waals surface area (Å²) in [6, 6.07) is 9.86. The number of hydrogen-bond donors (Lipinski definition) is 1. The van der Waals surface area contributed by atoms with Gasteiger partial charge in [0, 0.05) is 25.3 Å². The number of ether oxygens (including phenoxy) is 3. The van der Waals surface area contributed by atoms with Crippen LogP contribution in [0.5, 0.6) is 17.2 Å². The van der Waals surface area contributed by atoms with Crippen molar-refractivity contribution in [3.63, 3.8) is 0 Å². The van der Waals surface area contributed by atoms with Crippen molar-refractivity contribution in [3.8, 4) is 17.2 Å². The fraction of sp³-hybridized carbons (Fsp3) is 0.278. The zero-order chi connectivity index (χ0) is 19.0. The molecule has 0 aromatic heterocycles. The van der Waals surface area contributed by atoms with E-state index in [0.29, 0.717) is 22.8 Å². The van der Waals surface area contributed by atoms with Gasteiger partial charge in [-0.3, -0.25) is 4.79 Å². The van der Waals surface area contributed by atoms with E-state index in [9.17, 15) is 13.2 Å². The van der Waals surface area contributed by atoms with Crippen LogP contribution >= 0.6 is 0 Å². The number of amides is 1. The van der Waals surface area contributed by atoms with Crippen molar-refractivity contribution >= 4 is 21.6 Å². The van der Waals surface area contributed by atoms with Crippen LogP contribution in [-0.2, 0) is 21.2 Å². The Labute approximate surface area is 156 Å². The van der Waals surface area contributed by atoms with E-state index in [2.05, 4.69) is 4.72 Å². The molecule has 2 aromatic carbocycles. The summed E-state index contributed by atoms with van der Waals surface area (Å²) in [5.74, 6) is 1.77. The zero-order valence-electron chi connectivity index (χ0n) is 14.6. The van der Waals surface area contributed by atoms with Crippen molar-refractivity contribution in [1.29, 1.82) is 0 Å². The number of hydrogen-bond acceptors (Lipinski definition) is 6. The molecule has 2 aliphatic heterocycles. The third-order valence-electron chi connectivity index (χ3n) is 4.45. The normalized spacial score (nSPS) is 15.1. The van der Waals surface area contributed by atoms with Gasteiger partial charge in [-0.05, 0) is 35.9 Å². The Morgan fingerprint density at radius 2 is 1.96 bits per heavy atom. The van der Waals surface area contributed by atoms with Crippen molar-refractivity contribution in [2.75, 3.05) is 31.9 Å². The number of likely N-dealkylation sites (N-methyl/N-ethyl adjacent to an activating group) is 1. The van der Waals surface area contributed by atoms with Gasteiger partial charge in [-0.25, -0.2) is 13.1 Å². The van der Waals surface area contributed by atoms with Gasteiger partial charge in [-0.15, -0.1) is 0 Å². The van der Waals surface area contributed by atoms with Crippen LogP contribution in [0, 0.1) is 0 Å². The van der Waals surface area contributed by atoms with Crippen LogP contribution in [0.3, 0.4) is 0 Å². The predicted molar refractivity (Wildman–Crippen MR) is 96.8 cm³/mol. The number of benzene rings is 2. The Morgan fingerprint density at radius 1 is 1.15 bits per heavy atom. The fourth-order valence-electron chi connectivity index (χ4n) is 3.01. The molecule has 4 rings (SSSR count). The molecule has 0 fully saturated rings. The van der Waals surface area contributed by atoms with Gasteiger partial charge in [0.15, 0.2) is 11.5 Å². The Balaban J connectivity index is 1.35. The van der Waals surface area contributed by atoms with Crippen molar-refractivity contribution in [2.45, 2.75) is 11.3 Å². The summed E-state index contributed by atoms with van der Waals surface area (Å²) < 4.78 is 43.5. The Morgan fingerprint density at radius 3 is 2.81 bits per heavy atom. The summed E-state index contributed by atoms with van der Waals surface area (Å²) in [4.78, 5) is 13.4. The highest BCUT2D eigenvalue weighted by atomic mass is 32.2. The van der Waals surface area contributed by atoms with Crippen LogP contribution in [0.1, 0.15) is 5.56 Å². The van der Waals surface area contributed by atoms with E-state index in [1.807, 2.05) is 0 Å². The third kappa shape index (κ3) is 3.43. The molecule has 0 saturated heterocycles. The van der Waals surface area contributed by atoms with Gasteiger partial charge >= 0.3 is 0 Å². The number of carbonyl (C=O) groups is 1. The van der Waals surface area contributed by atoms with Gasteiger partial charge in [0.25, 0.3) is 0 Å². The maximum atomic E-state index is 12.5. The molecule has 0 spiro atoms. The van der Waals surface area contributed by atoms with Crippen molar-refractivity contribution in [1.82, 2.24) is 4.72 Å². The second kappa shape index (κ2) is 6.75. The van der Waals surface area contributed by atoms with Crippen LogP contribution in [-0.4, -0.2) is 41.3 Å². The second-order valence-corrected chi connectivity index (χ2v) is 7.95. The molecule has 0 atom stereocenters. The molecular formula is C18H18N2O6S. The lowest BCUT2D eigenvalue weighted by atomic mass is 10.2. The Hall–Kier alpha value is -2.78. The molecule has 8 nitrogen and oxygen atoms in total. The molecule has 2 aromatic rings. The minimum atomic E-state index is -3.69. The van der Waals surface area contributed by atoms with E-state index in [1.165, 1.54) is 17.0 Å². The van der Waals surface area contributed by atoms with Crippen LogP contribution < -0.4 is 23.8 Å². The predicted octanol–water partition coefficient (Wildman–Crippen LogP) is 1.29. The third-order valence-corrected chi connectivity index (χ3v) is 5.90. The summed E-state index contributed by atoms with van der Waals surface area (Å²) in [5.41, 5.74) is 1.45. The Bertz CT molecular complexity index is 1000. The fourth-order valence-corrected chi connectivity index (χ4v) is 4.07. The topological polar surface area (TPSA) is 94.2 Å². The Kier molecular flexibility index (Phi) is 4.40. The highest BCUT2D eigenvalue weighted by Crippen LogP contribution is 2.35. The molecule has 1 N–H and O–H groups in total. The number of nitrogens with zero attached hydrogens (tertiary/aromatic N) is 1. The van der Waals surface area contributed by atoms with Gasteiger partial charge in [-0.2, -0.15) is 0 Å². The van der Waals surface area contributed by atoms with Gasteiger partial charge in [0.1, 0.15) is 12.4 Å². The lowest BCUT2D eigenvalue weighted by Gasteiger charge is -2.12. The first-order chi connectivity index (χ1) is 12.9. The largest absolute Gasteiger partial charge is 0.492 e. The van der Waals surface area contributed by atoms with Crippen molar-refractivity contribution in [2.24, 2.45) is 0 Å². The number of carbonyl (C=O) groups excluding carboxylic acids is 1. The van der Waals surface area contributed by atoms with E-state index in [0.717, 1.165) is 5.69 Å². The maximum Gasteiger partial charge on any atom is 0.240 e. The van der Waals surface area contributed by atoms with E-state index < -0.39 is 10.0 Å². The van der Waals surface area contributed by atoms with E-state index >= 15 is 0 Å². The first kappa shape index (κ1) is 17.6.